The fraction of sp³-hybridized carbons (Fsp3) is 0.135. The molecule has 0 radical (unpaired) electrons. The number of hydrogen-bond acceptors (Lipinski definition) is 8. The number of methoxy groups -OCH3 is 1. The van der Waals surface area contributed by atoms with E-state index in [1.54, 1.807) is 72.8 Å². The Morgan fingerprint density at radius 1 is 0.522 bits per heavy atom. The molecular formula is C52H42F4N6O5. The Balaban J connectivity index is 1.29. The van der Waals surface area contributed by atoms with Gasteiger partial charge in [0.05, 0.1) is 35.4 Å². The summed E-state index contributed by atoms with van der Waals surface area (Å²) in [7, 11) is 1.26. The maximum atomic E-state index is 16.8. The van der Waals surface area contributed by atoms with Gasteiger partial charge in [0.2, 0.25) is 0 Å². The number of fused-ring (bicyclic) bond motifs is 8. The molecule has 11 nitrogen and oxygen atoms in total. The van der Waals surface area contributed by atoms with E-state index >= 15 is 17.6 Å². The van der Waals surface area contributed by atoms with Gasteiger partial charge in [0.1, 0.15) is 22.9 Å². The van der Waals surface area contributed by atoms with Gasteiger partial charge < -0.3 is 40.7 Å². The second-order valence-electron chi connectivity index (χ2n) is 15.9. The lowest BCUT2D eigenvalue weighted by atomic mass is 10.0. The lowest BCUT2D eigenvalue weighted by Gasteiger charge is -2.14. The number of carbonyl (C=O) groups is 1. The molecule has 1 amide bonds. The number of unbranched alkanes of at least 4 members (excludes halogenated alkanes) is 3. The normalized spacial score (nSPS) is 11.8. The number of rotatable bonds is 12. The lowest BCUT2D eigenvalue weighted by molar-refractivity contribution is 0.171. The SMILES string of the molecule is COC(=O)NCCCCCCNc1c(F)c(F)c(-c2c3nc(c(-c4cccc(O)c4)c4ccc([nH]4)c(-c4cccc(O)c4)c4nc(c(-c5cccc(O)c5)c5ccc2[nH]5)C=C4)C=C3)c(F)c1F. The maximum absolute atomic E-state index is 16.8. The van der Waals surface area contributed by atoms with Crippen LogP contribution in [0.2, 0.25) is 0 Å². The number of amides is 1. The van der Waals surface area contributed by atoms with Crippen LogP contribution in [0.15, 0.2) is 97.1 Å². The number of aromatic nitrogens is 4. The summed E-state index contributed by atoms with van der Waals surface area (Å²) in [6, 6.07) is 26.4. The molecule has 67 heavy (non-hydrogen) atoms. The van der Waals surface area contributed by atoms with E-state index in [2.05, 4.69) is 25.3 Å². The van der Waals surface area contributed by atoms with E-state index in [4.69, 9.17) is 9.97 Å². The van der Waals surface area contributed by atoms with Gasteiger partial charge in [0.15, 0.2) is 23.3 Å². The minimum atomic E-state index is -1.65. The van der Waals surface area contributed by atoms with Crippen LogP contribution in [-0.4, -0.2) is 61.5 Å². The number of aromatic amines is 2. The zero-order valence-electron chi connectivity index (χ0n) is 35.9. The van der Waals surface area contributed by atoms with Gasteiger partial charge in [0.25, 0.3) is 0 Å². The van der Waals surface area contributed by atoms with Crippen molar-refractivity contribution in [3.8, 4) is 61.8 Å². The molecule has 0 saturated carbocycles. The van der Waals surface area contributed by atoms with Gasteiger partial charge in [-0.25, -0.2) is 32.3 Å². The van der Waals surface area contributed by atoms with E-state index in [0.717, 1.165) is 0 Å². The summed E-state index contributed by atoms with van der Waals surface area (Å²) in [5, 5.41) is 37.1. The minimum absolute atomic E-state index is 0.00708. The van der Waals surface area contributed by atoms with Crippen molar-refractivity contribution in [1.82, 2.24) is 25.3 Å². The Hall–Kier alpha value is -8.33. The Morgan fingerprint density at radius 2 is 0.910 bits per heavy atom. The van der Waals surface area contributed by atoms with Gasteiger partial charge in [-0.15, -0.1) is 0 Å². The highest BCUT2D eigenvalue weighted by Crippen LogP contribution is 2.42. The number of benzene rings is 4. The van der Waals surface area contributed by atoms with Crippen molar-refractivity contribution in [2.75, 3.05) is 25.5 Å². The number of halogens is 4. The molecule has 7 N–H and O–H groups in total. The number of ether oxygens (including phenoxy) is 1. The summed E-state index contributed by atoms with van der Waals surface area (Å²) in [4.78, 5) is 28.0. The Morgan fingerprint density at radius 3 is 1.31 bits per heavy atom. The van der Waals surface area contributed by atoms with Crippen molar-refractivity contribution in [1.29, 1.82) is 0 Å². The fourth-order valence-electron chi connectivity index (χ4n) is 8.45. The molecule has 0 spiro atoms. The molecule has 0 atom stereocenters. The predicted octanol–water partition coefficient (Wildman–Crippen LogP) is 12.3. The first kappa shape index (κ1) is 43.9. The molecule has 8 bridgehead atoms. The first-order valence-corrected chi connectivity index (χ1v) is 21.5. The van der Waals surface area contributed by atoms with Gasteiger partial charge in [-0.1, -0.05) is 49.2 Å². The van der Waals surface area contributed by atoms with E-state index in [0.29, 0.717) is 93.5 Å². The lowest BCUT2D eigenvalue weighted by Crippen LogP contribution is -2.23. The van der Waals surface area contributed by atoms with Crippen LogP contribution in [0.4, 0.5) is 28.0 Å². The minimum Gasteiger partial charge on any atom is -0.508 e. The third-order valence-corrected chi connectivity index (χ3v) is 11.5. The van der Waals surface area contributed by atoms with Gasteiger partial charge in [-0.2, -0.15) is 0 Å². The first-order valence-electron chi connectivity index (χ1n) is 21.5. The topological polar surface area (TPSA) is 168 Å². The number of hydrogen-bond donors (Lipinski definition) is 7. The van der Waals surface area contributed by atoms with E-state index in [1.165, 1.54) is 43.5 Å². The number of phenolic OH excluding ortho intramolecular Hbond substituents is 3. The molecule has 4 aromatic carbocycles. The van der Waals surface area contributed by atoms with Crippen molar-refractivity contribution in [3.63, 3.8) is 0 Å². The average molecular weight is 907 g/mol. The highest BCUT2D eigenvalue weighted by Gasteiger charge is 2.30. The number of carbonyl (C=O) groups excluding carboxylic acids is 1. The van der Waals surface area contributed by atoms with Crippen LogP contribution < -0.4 is 10.6 Å². The maximum Gasteiger partial charge on any atom is 0.406 e. The Labute approximate surface area is 380 Å². The predicted molar refractivity (Wildman–Crippen MR) is 253 cm³/mol. The van der Waals surface area contributed by atoms with Crippen LogP contribution in [0.3, 0.4) is 0 Å². The summed E-state index contributed by atoms with van der Waals surface area (Å²) < 4.78 is 70.5. The van der Waals surface area contributed by atoms with E-state index in [1.807, 2.05) is 12.1 Å². The number of phenols is 3. The van der Waals surface area contributed by atoms with Crippen LogP contribution in [0.25, 0.3) is 90.9 Å². The smallest absolute Gasteiger partial charge is 0.406 e. The molecule has 0 fully saturated rings. The van der Waals surface area contributed by atoms with Crippen LogP contribution in [0, 0.1) is 23.3 Å². The van der Waals surface area contributed by atoms with Crippen molar-refractivity contribution in [2.24, 2.45) is 0 Å². The van der Waals surface area contributed by atoms with Crippen LogP contribution >= 0.6 is 0 Å². The Bertz CT molecular complexity index is 3250. The standard InChI is InChI=1S/C52H42F4N6O5/c1-67-52(66)58-24-5-3-2-4-23-57-51-49(55)47(53)46(48(54)50(51)56)45-40-21-19-38(61-40)43(29-10-7-13-32(64)26-29)36-17-15-34(59-36)42(28-9-6-12-31(63)25-28)35-16-18-37(60-35)44(39-20-22-41(45)62-39)30-11-8-14-33(65)27-30/h6-22,25-27,57,59,62-65H,2-5,23-24H2,1H3,(H,58,66). The number of alkyl carbamates (subject to hydrolysis) is 1. The summed E-state index contributed by atoms with van der Waals surface area (Å²) in [6.45, 7) is 0.388. The Kier molecular flexibility index (Phi) is 12.2. The second-order valence-corrected chi connectivity index (χ2v) is 15.9. The van der Waals surface area contributed by atoms with E-state index in [-0.39, 0.29) is 46.3 Å². The molecule has 5 heterocycles. The van der Waals surface area contributed by atoms with Gasteiger partial charge in [-0.3, -0.25) is 0 Å². The molecule has 0 unspecified atom stereocenters. The van der Waals surface area contributed by atoms with Crippen molar-refractivity contribution < 1.29 is 42.4 Å². The number of anilines is 1. The van der Waals surface area contributed by atoms with Crippen LogP contribution in [0.1, 0.15) is 48.5 Å². The van der Waals surface area contributed by atoms with Gasteiger partial charge in [0, 0.05) is 57.4 Å². The summed E-state index contributed by atoms with van der Waals surface area (Å²) in [5.41, 5.74) is 3.67. The summed E-state index contributed by atoms with van der Waals surface area (Å²) in [5.74, 6) is -6.61. The third kappa shape index (κ3) is 8.78. The molecule has 0 aliphatic carbocycles. The number of aromatic hydroxyl groups is 3. The number of nitrogens with zero attached hydrogens (tertiary/aromatic N) is 2. The summed E-state index contributed by atoms with van der Waals surface area (Å²) in [6.07, 6.45) is 8.44. The summed E-state index contributed by atoms with van der Waals surface area (Å²) >= 11 is 0. The number of H-pyrrole nitrogens is 2. The number of nitrogens with one attached hydrogen (secondary N) is 4. The van der Waals surface area contributed by atoms with Crippen molar-refractivity contribution >= 4 is 58.2 Å². The third-order valence-electron chi connectivity index (χ3n) is 11.5. The van der Waals surface area contributed by atoms with Gasteiger partial charge in [-0.05, 0) is 114 Å². The average Bonchev–Trinajstić information content (AvgIpc) is 4.17. The van der Waals surface area contributed by atoms with Crippen LogP contribution in [0.5, 0.6) is 17.2 Å². The molecular weight excluding hydrogens is 865 g/mol. The molecule has 3 aromatic heterocycles. The quantitative estimate of drug-likeness (QED) is 0.0361. The molecule has 9 rings (SSSR count). The molecule has 2 aliphatic rings. The van der Waals surface area contributed by atoms with E-state index < -0.39 is 40.6 Å². The van der Waals surface area contributed by atoms with Crippen LogP contribution in [-0.2, 0) is 4.74 Å². The molecule has 0 saturated heterocycles. The van der Waals surface area contributed by atoms with E-state index in [9.17, 15) is 20.1 Å². The zero-order valence-corrected chi connectivity index (χ0v) is 35.9. The fourth-order valence-corrected chi connectivity index (χ4v) is 8.45. The largest absolute Gasteiger partial charge is 0.508 e. The first-order chi connectivity index (χ1) is 32.5. The highest BCUT2D eigenvalue weighted by atomic mass is 19.2. The molecule has 15 heteroatoms. The van der Waals surface area contributed by atoms with Gasteiger partial charge >= 0.3 is 6.09 Å². The molecule has 7 aromatic rings. The molecule has 338 valence electrons. The molecule has 2 aliphatic heterocycles. The second kappa shape index (κ2) is 18.6. The van der Waals surface area contributed by atoms with Crippen molar-refractivity contribution in [3.05, 3.63) is 143 Å². The van der Waals surface area contributed by atoms with Crippen molar-refractivity contribution in [2.45, 2.75) is 25.7 Å². The monoisotopic (exact) mass is 906 g/mol. The zero-order chi connectivity index (χ0) is 46.8. The highest BCUT2D eigenvalue weighted by molar-refractivity contribution is 6.00.